The van der Waals surface area contributed by atoms with E-state index in [-0.39, 0.29) is 12.2 Å². The van der Waals surface area contributed by atoms with Crippen LogP contribution in [-0.4, -0.2) is 28.1 Å². The number of rotatable bonds is 11. The predicted molar refractivity (Wildman–Crippen MR) is 94.7 cm³/mol. The maximum absolute atomic E-state index is 12.0. The number of carbonyl (C=O) groups is 2. The average Bonchev–Trinajstić information content (AvgIpc) is 2.90. The quantitative estimate of drug-likeness (QED) is 0.441. The third-order valence-electron chi connectivity index (χ3n) is 4.06. The van der Waals surface area contributed by atoms with E-state index in [4.69, 9.17) is 10.2 Å². The summed E-state index contributed by atoms with van der Waals surface area (Å²) in [6.07, 6.45) is 13.9. The van der Waals surface area contributed by atoms with E-state index in [0.717, 1.165) is 24.0 Å². The van der Waals surface area contributed by atoms with Gasteiger partial charge < -0.3 is 10.2 Å². The average molecular weight is 332 g/mol. The van der Waals surface area contributed by atoms with Crippen LogP contribution in [-0.2, 0) is 9.59 Å². The Kier molecular flexibility index (Phi) is 9.74. The van der Waals surface area contributed by atoms with Crippen LogP contribution in [0.4, 0.5) is 0 Å². The lowest BCUT2D eigenvalue weighted by Crippen LogP contribution is -2.17. The first-order valence-electron chi connectivity index (χ1n) is 8.78. The summed E-state index contributed by atoms with van der Waals surface area (Å²) in [5, 5.41) is 17.7. The summed E-state index contributed by atoms with van der Waals surface area (Å²) in [7, 11) is 0. The summed E-state index contributed by atoms with van der Waals surface area (Å²) in [4.78, 5) is 22.4. The maximum Gasteiger partial charge on any atom is 0.332 e. The first kappa shape index (κ1) is 20.1. The Morgan fingerprint density at radius 3 is 2.75 bits per heavy atom. The first-order chi connectivity index (χ1) is 11.6. The molecule has 0 spiro atoms. The van der Waals surface area contributed by atoms with E-state index in [2.05, 4.69) is 24.8 Å². The van der Waals surface area contributed by atoms with E-state index < -0.39 is 12.1 Å². The van der Waals surface area contributed by atoms with Crippen LogP contribution in [0.3, 0.4) is 0 Å². The number of ketones is 1. The molecule has 0 aromatic carbocycles. The van der Waals surface area contributed by atoms with Gasteiger partial charge in [0.05, 0.1) is 0 Å². The van der Waals surface area contributed by atoms with Gasteiger partial charge >= 0.3 is 5.97 Å². The maximum atomic E-state index is 12.0. The van der Waals surface area contributed by atoms with Crippen molar-refractivity contribution in [3.8, 4) is 0 Å². The molecule has 1 atom stereocenters. The predicted octanol–water partition coefficient (Wildman–Crippen LogP) is 4.11. The van der Waals surface area contributed by atoms with E-state index in [9.17, 15) is 9.59 Å². The second-order valence-corrected chi connectivity index (χ2v) is 6.05. The summed E-state index contributed by atoms with van der Waals surface area (Å²) in [6, 6.07) is 0. The molecule has 0 aromatic heterocycles. The normalized spacial score (nSPS) is 15.7. The van der Waals surface area contributed by atoms with Gasteiger partial charge in [-0.25, -0.2) is 4.79 Å². The molecule has 1 unspecified atom stereocenters. The van der Waals surface area contributed by atoms with E-state index in [1.54, 1.807) is 6.08 Å². The Balaban J connectivity index is 2.52. The van der Waals surface area contributed by atoms with E-state index in [0.29, 0.717) is 12.8 Å². The summed E-state index contributed by atoms with van der Waals surface area (Å²) in [5.41, 5.74) is 4.79. The number of aliphatic carboxylic acids is 1. The van der Waals surface area contributed by atoms with Crippen LogP contribution >= 0.6 is 0 Å². The van der Waals surface area contributed by atoms with Gasteiger partial charge in [-0.05, 0) is 37.0 Å². The van der Waals surface area contributed by atoms with Crippen molar-refractivity contribution < 1.29 is 19.8 Å². The molecule has 4 heteroatoms. The van der Waals surface area contributed by atoms with Crippen LogP contribution in [0.2, 0.25) is 0 Å². The third-order valence-corrected chi connectivity index (χ3v) is 4.06. The summed E-state index contributed by atoms with van der Waals surface area (Å²) in [5.74, 6) is -1.06. The number of aliphatic hydroxyl groups excluding tert-OH is 1. The van der Waals surface area contributed by atoms with E-state index >= 15 is 0 Å². The number of hydrogen-bond donors (Lipinski definition) is 2. The molecule has 0 aromatic rings. The van der Waals surface area contributed by atoms with Gasteiger partial charge in [-0.3, -0.25) is 4.79 Å². The van der Waals surface area contributed by atoms with Crippen molar-refractivity contribution in [2.45, 2.75) is 70.8 Å². The molecule has 0 fully saturated rings. The fraction of sp³-hybridized carbons (Fsp3) is 0.550. The molecular formula is C20H28O4. The van der Waals surface area contributed by atoms with Crippen molar-refractivity contribution >= 4 is 11.8 Å². The molecule has 0 amide bonds. The minimum absolute atomic E-state index is 0.0172. The highest BCUT2D eigenvalue weighted by Crippen LogP contribution is 2.27. The largest absolute Gasteiger partial charge is 0.479 e. The molecule has 0 heterocycles. The SMILES string of the molecule is CCCCCC/C=C/C1=C(CC=C=CCC(O)C(=O)O)C(=O)CC1. The Morgan fingerprint density at radius 2 is 2.04 bits per heavy atom. The molecule has 132 valence electrons. The molecule has 0 aliphatic heterocycles. The summed E-state index contributed by atoms with van der Waals surface area (Å²) < 4.78 is 0. The highest BCUT2D eigenvalue weighted by molar-refractivity contribution is 5.99. The number of Topliss-reactive ketones (excluding diaryl/α,β-unsaturated/α-hetero) is 1. The van der Waals surface area contributed by atoms with Crippen molar-refractivity contribution in [3.05, 3.63) is 41.2 Å². The lowest BCUT2D eigenvalue weighted by Gasteiger charge is -1.99. The number of allylic oxidation sites excluding steroid dienone is 4. The fourth-order valence-corrected chi connectivity index (χ4v) is 2.60. The van der Waals surface area contributed by atoms with Gasteiger partial charge in [0, 0.05) is 24.8 Å². The fourth-order valence-electron chi connectivity index (χ4n) is 2.60. The molecule has 0 radical (unpaired) electrons. The van der Waals surface area contributed by atoms with Crippen molar-refractivity contribution in [3.63, 3.8) is 0 Å². The zero-order valence-corrected chi connectivity index (χ0v) is 14.5. The highest BCUT2D eigenvalue weighted by Gasteiger charge is 2.19. The van der Waals surface area contributed by atoms with Crippen molar-refractivity contribution in [1.82, 2.24) is 0 Å². The summed E-state index contributed by atoms with van der Waals surface area (Å²) >= 11 is 0. The van der Waals surface area contributed by atoms with Gasteiger partial charge in [-0.2, -0.15) is 0 Å². The van der Waals surface area contributed by atoms with Gasteiger partial charge in [0.2, 0.25) is 0 Å². The number of carboxylic acids is 1. The van der Waals surface area contributed by atoms with Crippen LogP contribution in [0.15, 0.2) is 41.2 Å². The van der Waals surface area contributed by atoms with Gasteiger partial charge in [-0.15, -0.1) is 5.73 Å². The van der Waals surface area contributed by atoms with Crippen LogP contribution < -0.4 is 0 Å². The van der Waals surface area contributed by atoms with Crippen molar-refractivity contribution in [2.24, 2.45) is 0 Å². The Bertz CT molecular complexity index is 548. The molecule has 1 aliphatic carbocycles. The third kappa shape index (κ3) is 7.58. The van der Waals surface area contributed by atoms with Gasteiger partial charge in [0.15, 0.2) is 11.9 Å². The molecule has 4 nitrogen and oxygen atoms in total. The number of hydrogen-bond acceptors (Lipinski definition) is 3. The molecule has 2 N–H and O–H groups in total. The Morgan fingerprint density at radius 1 is 1.25 bits per heavy atom. The minimum atomic E-state index is -1.40. The summed E-state index contributed by atoms with van der Waals surface area (Å²) in [6.45, 7) is 2.20. The molecule has 0 bridgehead atoms. The standard InChI is InChI=1S/C20H28O4/c1-2-3-4-5-6-8-11-16-14-15-18(21)17(16)12-9-7-10-13-19(22)20(23)24/h8-11,19,22H,2-6,12-15H2,1H3,(H,23,24)/b11-8+. The molecule has 1 aliphatic rings. The number of unbranched alkanes of at least 4 members (excludes halogenated alkanes) is 4. The zero-order valence-electron chi connectivity index (χ0n) is 14.5. The molecular weight excluding hydrogens is 304 g/mol. The number of carbonyl (C=O) groups excluding carboxylic acids is 1. The second-order valence-electron chi connectivity index (χ2n) is 6.05. The molecule has 24 heavy (non-hydrogen) atoms. The van der Waals surface area contributed by atoms with Crippen LogP contribution in [0, 0.1) is 0 Å². The first-order valence-corrected chi connectivity index (χ1v) is 8.78. The van der Waals surface area contributed by atoms with Gasteiger partial charge in [-0.1, -0.05) is 38.3 Å². The lowest BCUT2D eigenvalue weighted by atomic mass is 10.1. The lowest BCUT2D eigenvalue weighted by molar-refractivity contribution is -0.146. The Hall–Kier alpha value is -1.90. The minimum Gasteiger partial charge on any atom is -0.479 e. The van der Waals surface area contributed by atoms with Crippen LogP contribution in [0.5, 0.6) is 0 Å². The van der Waals surface area contributed by atoms with E-state index in [1.807, 2.05) is 0 Å². The second kappa shape index (κ2) is 11.6. The van der Waals surface area contributed by atoms with E-state index in [1.165, 1.54) is 31.8 Å². The number of aliphatic hydroxyl groups is 1. The topological polar surface area (TPSA) is 74.6 Å². The highest BCUT2D eigenvalue weighted by atomic mass is 16.4. The van der Waals surface area contributed by atoms with Crippen molar-refractivity contribution in [1.29, 1.82) is 0 Å². The zero-order chi connectivity index (χ0) is 17.8. The van der Waals surface area contributed by atoms with Gasteiger partial charge in [0.1, 0.15) is 0 Å². The Labute approximate surface area is 144 Å². The van der Waals surface area contributed by atoms with Crippen LogP contribution in [0.25, 0.3) is 0 Å². The van der Waals surface area contributed by atoms with Crippen molar-refractivity contribution in [2.75, 3.05) is 0 Å². The smallest absolute Gasteiger partial charge is 0.332 e. The monoisotopic (exact) mass is 332 g/mol. The van der Waals surface area contributed by atoms with Crippen LogP contribution in [0.1, 0.15) is 64.7 Å². The molecule has 0 saturated heterocycles. The molecule has 0 saturated carbocycles. The molecule has 1 rings (SSSR count). The van der Waals surface area contributed by atoms with Gasteiger partial charge in [0.25, 0.3) is 0 Å². The number of carboxylic acid groups (broad SMARTS) is 1.